The van der Waals surface area contributed by atoms with E-state index >= 15 is 0 Å². The van der Waals surface area contributed by atoms with E-state index in [1.807, 2.05) is 7.05 Å². The molecule has 2 saturated heterocycles. The van der Waals surface area contributed by atoms with Gasteiger partial charge in [-0.05, 0) is 19.9 Å². The zero-order valence-electron chi connectivity index (χ0n) is 13.0. The molecule has 0 saturated carbocycles. The second-order valence-corrected chi connectivity index (χ2v) is 7.46. The molecule has 1 aromatic heterocycles. The van der Waals surface area contributed by atoms with Crippen molar-refractivity contribution in [1.82, 2.24) is 24.7 Å². The summed E-state index contributed by atoms with van der Waals surface area (Å²) in [7, 11) is -1.55. The Morgan fingerprint density at radius 3 is 2.61 bits per heavy atom. The van der Waals surface area contributed by atoms with Crippen molar-refractivity contribution in [1.29, 1.82) is 0 Å². The van der Waals surface area contributed by atoms with Crippen LogP contribution in [0.4, 0.5) is 0 Å². The summed E-state index contributed by atoms with van der Waals surface area (Å²) in [5, 5.41) is 12.6. The quantitative estimate of drug-likeness (QED) is 0.736. The second kappa shape index (κ2) is 7.41. The molecule has 3 rings (SSSR count). The summed E-state index contributed by atoms with van der Waals surface area (Å²) in [6.45, 7) is 3.50. The molecule has 1 aromatic rings. The van der Waals surface area contributed by atoms with E-state index in [1.54, 1.807) is 0 Å². The van der Waals surface area contributed by atoms with Gasteiger partial charge in [0.05, 0.1) is 6.04 Å². The van der Waals surface area contributed by atoms with Gasteiger partial charge in [0.15, 0.2) is 5.82 Å². The number of rotatable bonds is 3. The Labute approximate surface area is 142 Å². The van der Waals surface area contributed by atoms with E-state index in [1.165, 1.54) is 4.31 Å². The Hall–Kier alpha value is -0.780. The van der Waals surface area contributed by atoms with Crippen molar-refractivity contribution in [2.45, 2.75) is 24.8 Å². The molecule has 0 aromatic carbocycles. The summed E-state index contributed by atoms with van der Waals surface area (Å²) in [6.07, 6.45) is 1.30. The monoisotopic (exact) mass is 366 g/mol. The van der Waals surface area contributed by atoms with Crippen LogP contribution in [0.5, 0.6) is 0 Å². The molecule has 2 fully saturated rings. The van der Waals surface area contributed by atoms with Crippen LogP contribution in [0.25, 0.3) is 0 Å². The van der Waals surface area contributed by atoms with Gasteiger partial charge in [-0.25, -0.2) is 5.14 Å². The molecule has 2 aliphatic rings. The Morgan fingerprint density at radius 2 is 2.00 bits per heavy atom. The van der Waals surface area contributed by atoms with Crippen LogP contribution in [-0.2, 0) is 10.2 Å². The first kappa shape index (κ1) is 18.6. The lowest BCUT2D eigenvalue weighted by Crippen LogP contribution is -2.44. The maximum absolute atomic E-state index is 11.3. The van der Waals surface area contributed by atoms with Crippen LogP contribution in [0.1, 0.15) is 36.5 Å². The molecular formula is C12H23ClN6O3S. The van der Waals surface area contributed by atoms with Crippen molar-refractivity contribution < 1.29 is 12.9 Å². The maximum atomic E-state index is 11.3. The minimum Gasteiger partial charge on any atom is -0.339 e. The van der Waals surface area contributed by atoms with Crippen LogP contribution >= 0.6 is 12.4 Å². The van der Waals surface area contributed by atoms with E-state index in [-0.39, 0.29) is 24.4 Å². The molecule has 132 valence electrons. The molecule has 0 bridgehead atoms. The lowest BCUT2D eigenvalue weighted by molar-refractivity contribution is 0.190. The standard InChI is InChI=1S/C12H22N6O3S.ClH/c1-17-7-4-14-8-10(17)11-15-12(21-16-11)9-2-5-18(6-3-9)22(13,19)20;/h9-10,14H,2-8H2,1H3,(H2,13,19,20);1H. The molecule has 9 nitrogen and oxygen atoms in total. The first-order valence-corrected chi connectivity index (χ1v) is 8.98. The van der Waals surface area contributed by atoms with Crippen molar-refractivity contribution in [2.75, 3.05) is 39.8 Å². The topological polar surface area (TPSA) is 118 Å². The summed E-state index contributed by atoms with van der Waals surface area (Å²) in [6, 6.07) is 0.121. The summed E-state index contributed by atoms with van der Waals surface area (Å²) in [5.41, 5.74) is 0. The third kappa shape index (κ3) is 4.20. The highest BCUT2D eigenvalue weighted by atomic mass is 35.5. The highest BCUT2D eigenvalue weighted by Gasteiger charge is 2.31. The Balaban J connectivity index is 0.00000192. The molecule has 2 aliphatic heterocycles. The highest BCUT2D eigenvalue weighted by Crippen LogP contribution is 2.29. The van der Waals surface area contributed by atoms with E-state index in [9.17, 15) is 8.42 Å². The smallest absolute Gasteiger partial charge is 0.276 e. The van der Waals surface area contributed by atoms with Crippen LogP contribution in [-0.4, -0.2) is 67.5 Å². The van der Waals surface area contributed by atoms with Crippen molar-refractivity contribution in [3.63, 3.8) is 0 Å². The SMILES string of the molecule is CN1CCNCC1c1noc(C2CCN(S(N)(=O)=O)CC2)n1.Cl. The zero-order chi connectivity index (χ0) is 15.7. The molecular weight excluding hydrogens is 344 g/mol. The number of nitrogens with zero attached hydrogens (tertiary/aromatic N) is 4. The zero-order valence-corrected chi connectivity index (χ0v) is 14.6. The number of halogens is 1. The Bertz CT molecular complexity index is 616. The summed E-state index contributed by atoms with van der Waals surface area (Å²) >= 11 is 0. The molecule has 1 unspecified atom stereocenters. The number of likely N-dealkylation sites (N-methyl/N-ethyl adjacent to an activating group) is 1. The van der Waals surface area contributed by atoms with Gasteiger partial charge in [-0.3, -0.25) is 4.90 Å². The maximum Gasteiger partial charge on any atom is 0.276 e. The fourth-order valence-corrected chi connectivity index (χ4v) is 3.72. The number of piperazine rings is 1. The first-order valence-electron chi connectivity index (χ1n) is 7.47. The van der Waals surface area contributed by atoms with E-state index in [2.05, 4.69) is 20.4 Å². The minimum absolute atomic E-state index is 0. The molecule has 3 N–H and O–H groups in total. The molecule has 1 atom stereocenters. The van der Waals surface area contributed by atoms with Gasteiger partial charge in [0.25, 0.3) is 10.2 Å². The molecule has 0 radical (unpaired) electrons. The molecule has 0 spiro atoms. The van der Waals surface area contributed by atoms with E-state index in [0.29, 0.717) is 37.6 Å². The number of hydrogen-bond donors (Lipinski definition) is 2. The summed E-state index contributed by atoms with van der Waals surface area (Å²) in [5.74, 6) is 1.39. The summed E-state index contributed by atoms with van der Waals surface area (Å²) < 4.78 is 29.3. The third-order valence-corrected chi connectivity index (χ3v) is 5.51. The number of nitrogens with one attached hydrogen (secondary N) is 1. The normalized spacial score (nSPS) is 25.2. The summed E-state index contributed by atoms with van der Waals surface area (Å²) in [4.78, 5) is 6.74. The number of piperidine rings is 1. The van der Waals surface area contributed by atoms with Gasteiger partial charge >= 0.3 is 0 Å². The predicted octanol–water partition coefficient (Wildman–Crippen LogP) is -0.550. The van der Waals surface area contributed by atoms with E-state index in [0.717, 1.165) is 19.6 Å². The third-order valence-electron chi connectivity index (χ3n) is 4.43. The predicted molar refractivity (Wildman–Crippen MR) is 86.4 cm³/mol. The van der Waals surface area contributed by atoms with E-state index in [4.69, 9.17) is 9.66 Å². The molecule has 11 heteroatoms. The molecule has 23 heavy (non-hydrogen) atoms. The van der Waals surface area contributed by atoms with Gasteiger partial charge in [-0.1, -0.05) is 5.16 Å². The lowest BCUT2D eigenvalue weighted by Gasteiger charge is -2.30. The van der Waals surface area contributed by atoms with Crippen molar-refractivity contribution in [2.24, 2.45) is 5.14 Å². The number of hydrogen-bond acceptors (Lipinski definition) is 7. The van der Waals surface area contributed by atoms with Gasteiger partial charge in [-0.2, -0.15) is 17.7 Å². The Kier molecular flexibility index (Phi) is 5.98. The fraction of sp³-hybridized carbons (Fsp3) is 0.833. The number of aromatic nitrogens is 2. The van der Waals surface area contributed by atoms with Crippen LogP contribution < -0.4 is 10.5 Å². The van der Waals surface area contributed by atoms with Crippen LogP contribution in [0, 0.1) is 0 Å². The molecule has 3 heterocycles. The first-order chi connectivity index (χ1) is 10.4. The molecule has 0 amide bonds. The van der Waals surface area contributed by atoms with Crippen LogP contribution in [0.15, 0.2) is 4.52 Å². The van der Waals surface area contributed by atoms with Crippen molar-refractivity contribution in [3.05, 3.63) is 11.7 Å². The van der Waals surface area contributed by atoms with Crippen LogP contribution in [0.3, 0.4) is 0 Å². The fourth-order valence-electron chi connectivity index (χ4n) is 3.00. The van der Waals surface area contributed by atoms with Crippen LogP contribution in [0.2, 0.25) is 0 Å². The van der Waals surface area contributed by atoms with Gasteiger partial charge in [0, 0.05) is 38.6 Å². The second-order valence-electron chi connectivity index (χ2n) is 5.91. The number of nitrogens with two attached hydrogens (primary N) is 1. The van der Waals surface area contributed by atoms with E-state index < -0.39 is 10.2 Å². The highest BCUT2D eigenvalue weighted by molar-refractivity contribution is 7.86. The van der Waals surface area contributed by atoms with Gasteiger partial charge < -0.3 is 9.84 Å². The largest absolute Gasteiger partial charge is 0.339 e. The average Bonchev–Trinajstić information content (AvgIpc) is 2.96. The lowest BCUT2D eigenvalue weighted by atomic mass is 9.98. The molecule has 0 aliphatic carbocycles. The van der Waals surface area contributed by atoms with Gasteiger partial charge in [0.2, 0.25) is 5.89 Å². The Morgan fingerprint density at radius 1 is 1.30 bits per heavy atom. The average molecular weight is 367 g/mol. The minimum atomic E-state index is -3.60. The van der Waals surface area contributed by atoms with Gasteiger partial charge in [-0.15, -0.1) is 12.4 Å². The van der Waals surface area contributed by atoms with Crippen molar-refractivity contribution >= 4 is 22.6 Å². The van der Waals surface area contributed by atoms with Crippen molar-refractivity contribution in [3.8, 4) is 0 Å². The van der Waals surface area contributed by atoms with Gasteiger partial charge in [0.1, 0.15) is 0 Å².